The van der Waals surface area contributed by atoms with Crippen LogP contribution in [0.5, 0.6) is 11.5 Å². The number of carbonyl (C=O) groups is 1. The Hall–Kier alpha value is -3.36. The highest BCUT2D eigenvalue weighted by Gasteiger charge is 2.22. The minimum atomic E-state index is -1.09. The number of phenolic OH excluding ortho intramolecular Hbond substituents is 1. The van der Waals surface area contributed by atoms with Crippen molar-refractivity contribution in [3.63, 3.8) is 0 Å². The number of amides is 1. The summed E-state index contributed by atoms with van der Waals surface area (Å²) in [6.45, 7) is 1.29. The predicted octanol–water partition coefficient (Wildman–Crippen LogP) is 3.39. The number of pyridine rings is 1. The van der Waals surface area contributed by atoms with Gasteiger partial charge in [0.2, 0.25) is 0 Å². The fraction of sp³-hybridized carbons (Fsp3) is 0.400. The molecule has 29 heavy (non-hydrogen) atoms. The molecule has 0 unspecified atom stereocenters. The van der Waals surface area contributed by atoms with E-state index in [9.17, 15) is 24.5 Å². The lowest BCUT2D eigenvalue weighted by Gasteiger charge is -2.23. The maximum absolute atomic E-state index is 12.2. The highest BCUT2D eigenvalue weighted by atomic mass is 16.5. The van der Waals surface area contributed by atoms with Crippen LogP contribution in [0.1, 0.15) is 41.6 Å². The zero-order valence-electron chi connectivity index (χ0n) is 15.8. The molecule has 1 N–H and O–H groups in total. The van der Waals surface area contributed by atoms with Crippen molar-refractivity contribution >= 4 is 5.91 Å². The Morgan fingerprint density at radius 2 is 1.93 bits per heavy atom. The molecule has 0 fully saturated rings. The molecule has 152 valence electrons. The fourth-order valence-corrected chi connectivity index (χ4v) is 3.43. The lowest BCUT2D eigenvalue weighted by Crippen LogP contribution is -2.21. The molecule has 0 spiro atoms. The quantitative estimate of drug-likeness (QED) is 0.508. The first-order valence-electron chi connectivity index (χ1n) is 9.45. The highest BCUT2D eigenvalue weighted by Crippen LogP contribution is 2.37. The number of aromatic nitrogens is 1. The first-order chi connectivity index (χ1) is 14.0. The molecule has 3 rings (SSSR count). The van der Waals surface area contributed by atoms with Crippen LogP contribution in [0.3, 0.4) is 0 Å². The van der Waals surface area contributed by atoms with Gasteiger partial charge in [-0.05, 0) is 43.4 Å². The fourth-order valence-electron chi connectivity index (χ4n) is 3.43. The van der Waals surface area contributed by atoms with Gasteiger partial charge in [0.15, 0.2) is 16.9 Å². The molecule has 9 heteroatoms. The predicted molar refractivity (Wildman–Crippen MR) is 106 cm³/mol. The summed E-state index contributed by atoms with van der Waals surface area (Å²) >= 11 is 0. The Morgan fingerprint density at radius 1 is 1.14 bits per heavy atom. The van der Waals surface area contributed by atoms with E-state index >= 15 is 0 Å². The number of nitrogens with zero attached hydrogens (tertiary/aromatic N) is 3. The molecule has 0 bridgehead atoms. The number of hydrogen-bond acceptors (Lipinski definition) is 7. The van der Waals surface area contributed by atoms with Crippen molar-refractivity contribution in [2.24, 2.45) is 10.4 Å². The van der Waals surface area contributed by atoms with Crippen LogP contribution in [0.15, 0.2) is 39.5 Å². The summed E-state index contributed by atoms with van der Waals surface area (Å²) in [7, 11) is 0. The van der Waals surface area contributed by atoms with Gasteiger partial charge >= 0.3 is 5.91 Å². The number of ether oxygens (including phenoxy) is 1. The smallest absolute Gasteiger partial charge is 0.322 e. The van der Waals surface area contributed by atoms with Gasteiger partial charge in [-0.25, -0.2) is 0 Å². The van der Waals surface area contributed by atoms with Crippen molar-refractivity contribution in [1.82, 2.24) is 4.57 Å². The van der Waals surface area contributed by atoms with E-state index in [1.54, 1.807) is 16.7 Å². The van der Waals surface area contributed by atoms with Crippen molar-refractivity contribution in [1.29, 1.82) is 0 Å². The number of benzene rings is 1. The molecule has 0 radical (unpaired) electrons. The van der Waals surface area contributed by atoms with E-state index < -0.39 is 11.3 Å². The second-order valence-electron chi connectivity index (χ2n) is 6.87. The van der Waals surface area contributed by atoms with Crippen molar-refractivity contribution in [3.05, 3.63) is 55.6 Å². The second kappa shape index (κ2) is 9.22. The summed E-state index contributed by atoms with van der Waals surface area (Å²) in [5, 5.41) is 15.5. The Morgan fingerprint density at radius 3 is 2.69 bits per heavy atom. The number of hydrogen-bond donors (Lipinski definition) is 1. The van der Waals surface area contributed by atoms with Crippen LogP contribution < -0.4 is 10.2 Å². The molecule has 1 amide bonds. The molecule has 0 aliphatic carbocycles. The molecule has 1 aliphatic rings. The number of rotatable bonds is 9. The lowest BCUT2D eigenvalue weighted by molar-refractivity contribution is 0.0999. The molecule has 1 aliphatic heterocycles. The van der Waals surface area contributed by atoms with Gasteiger partial charge in [0.05, 0.1) is 18.8 Å². The zero-order valence-corrected chi connectivity index (χ0v) is 15.8. The Kier molecular flexibility index (Phi) is 6.48. The average Bonchev–Trinajstić information content (AvgIpc) is 2.72. The molecule has 0 saturated heterocycles. The van der Waals surface area contributed by atoms with Gasteiger partial charge in [0.25, 0.3) is 0 Å². The van der Waals surface area contributed by atoms with Gasteiger partial charge in [0, 0.05) is 29.5 Å². The molecular formula is C20H21N3O6. The number of aryl methyl sites for hydroxylation is 2. The molecule has 1 aromatic carbocycles. The van der Waals surface area contributed by atoms with Crippen LogP contribution in [0.25, 0.3) is 11.3 Å². The lowest BCUT2D eigenvalue weighted by atomic mass is 9.96. The number of unbranched alkanes of at least 4 members (excludes halogenated alkanes) is 3. The van der Waals surface area contributed by atoms with E-state index in [-0.39, 0.29) is 11.3 Å². The molecule has 2 heterocycles. The Labute approximate surface area is 166 Å². The van der Waals surface area contributed by atoms with Crippen LogP contribution in [0.2, 0.25) is 0 Å². The summed E-state index contributed by atoms with van der Waals surface area (Å²) in [6, 6.07) is 4.59. The van der Waals surface area contributed by atoms with E-state index in [2.05, 4.69) is 10.4 Å². The van der Waals surface area contributed by atoms with E-state index in [4.69, 9.17) is 4.74 Å². The van der Waals surface area contributed by atoms with Gasteiger partial charge in [-0.2, -0.15) is 4.91 Å². The third kappa shape index (κ3) is 4.56. The third-order valence-corrected chi connectivity index (χ3v) is 4.93. The minimum Gasteiger partial charge on any atom is -0.504 e. The van der Waals surface area contributed by atoms with E-state index in [0.29, 0.717) is 43.1 Å². The molecular weight excluding hydrogens is 378 g/mol. The summed E-state index contributed by atoms with van der Waals surface area (Å²) in [5.74, 6) is -0.749. The maximum atomic E-state index is 12.2. The summed E-state index contributed by atoms with van der Waals surface area (Å²) in [4.78, 5) is 44.2. The molecule has 1 aromatic heterocycles. The molecule has 0 saturated carbocycles. The van der Waals surface area contributed by atoms with Crippen molar-refractivity contribution < 1.29 is 14.6 Å². The topological polar surface area (TPSA) is 127 Å². The number of carbonyl (C=O) groups excluding carboxylic acids is 1. The van der Waals surface area contributed by atoms with E-state index in [1.807, 2.05) is 0 Å². The van der Waals surface area contributed by atoms with E-state index in [1.165, 1.54) is 12.3 Å². The second-order valence-corrected chi connectivity index (χ2v) is 6.87. The number of nitroso groups, excluding NO2 is 2. The van der Waals surface area contributed by atoms with Gasteiger partial charge in [0.1, 0.15) is 5.56 Å². The van der Waals surface area contributed by atoms with Crippen LogP contribution in [-0.4, -0.2) is 28.7 Å². The Bertz CT molecular complexity index is 998. The number of fused-ring (bicyclic) bond motifs is 3. The number of aromatic hydroxyl groups is 1. The largest absolute Gasteiger partial charge is 0.504 e. The SMILES string of the molecule is O=NCCCCCCOc1cc2c(cc1O)-c1cc(=O)c(C(=O)N=O)cn1CC2. The van der Waals surface area contributed by atoms with Crippen LogP contribution in [-0.2, 0) is 13.0 Å². The molecule has 2 aromatic rings. The highest BCUT2D eigenvalue weighted by molar-refractivity contribution is 5.94. The van der Waals surface area contributed by atoms with Crippen molar-refractivity contribution in [2.75, 3.05) is 13.2 Å². The normalized spacial score (nSPS) is 12.0. The van der Waals surface area contributed by atoms with Gasteiger partial charge in [-0.1, -0.05) is 11.6 Å². The van der Waals surface area contributed by atoms with Crippen LogP contribution in [0.4, 0.5) is 0 Å². The number of phenols is 1. The van der Waals surface area contributed by atoms with Crippen molar-refractivity contribution in [2.45, 2.75) is 38.6 Å². The first kappa shape index (κ1) is 20.4. The monoisotopic (exact) mass is 399 g/mol. The van der Waals surface area contributed by atoms with Crippen molar-refractivity contribution in [3.8, 4) is 22.8 Å². The third-order valence-electron chi connectivity index (χ3n) is 4.93. The average molecular weight is 399 g/mol. The summed E-state index contributed by atoms with van der Waals surface area (Å²) in [6.07, 6.45) is 5.33. The standard InChI is InChI=1S/C20H21N3O6/c24-17-11-16-14-10-18(25)19(29-8-4-2-1-3-6-21-27)9-13(14)5-7-23(16)12-15(17)20(26)22-28/h9-12,25H,1-8H2. The molecule has 0 atom stereocenters. The van der Waals surface area contributed by atoms with Gasteiger partial charge in [-0.3, -0.25) is 9.59 Å². The van der Waals surface area contributed by atoms with E-state index in [0.717, 1.165) is 31.2 Å². The van der Waals surface area contributed by atoms with Gasteiger partial charge < -0.3 is 14.4 Å². The summed E-state index contributed by atoms with van der Waals surface area (Å²) < 4.78 is 7.40. The molecule has 9 nitrogen and oxygen atoms in total. The first-order valence-corrected chi connectivity index (χ1v) is 9.45. The minimum absolute atomic E-state index is 0.0375. The Balaban J connectivity index is 1.75. The van der Waals surface area contributed by atoms with Crippen LogP contribution >= 0.6 is 0 Å². The summed E-state index contributed by atoms with van der Waals surface area (Å²) in [5.41, 5.74) is 1.31. The maximum Gasteiger partial charge on any atom is 0.322 e. The van der Waals surface area contributed by atoms with Gasteiger partial charge in [-0.15, -0.1) is 4.91 Å². The zero-order chi connectivity index (χ0) is 20.8. The van der Waals surface area contributed by atoms with Crippen LogP contribution in [0, 0.1) is 9.81 Å².